The molecule has 5 rings (SSSR count). The van der Waals surface area contributed by atoms with Crippen LogP contribution < -0.4 is 5.32 Å². The highest BCUT2D eigenvalue weighted by Gasteiger charge is 2.41. The number of anilines is 1. The van der Waals surface area contributed by atoms with Gasteiger partial charge in [0.2, 0.25) is 0 Å². The van der Waals surface area contributed by atoms with Crippen molar-refractivity contribution in [2.24, 2.45) is 17.8 Å². The van der Waals surface area contributed by atoms with E-state index in [0.29, 0.717) is 30.3 Å². The van der Waals surface area contributed by atoms with Gasteiger partial charge in [0, 0.05) is 46.6 Å². The predicted octanol–water partition coefficient (Wildman–Crippen LogP) is 4.11. The number of ether oxygens (including phenoxy) is 1. The van der Waals surface area contributed by atoms with E-state index in [2.05, 4.69) is 15.5 Å². The summed E-state index contributed by atoms with van der Waals surface area (Å²) in [7, 11) is 0. The Morgan fingerprint density at radius 1 is 1.13 bits per heavy atom. The van der Waals surface area contributed by atoms with Gasteiger partial charge in [-0.2, -0.15) is 0 Å². The zero-order valence-electron chi connectivity index (χ0n) is 19.2. The molecule has 1 aromatic carbocycles. The zero-order valence-corrected chi connectivity index (χ0v) is 17.2. The molecular formula is C23H27F3N4O. The maximum atomic E-state index is 14.0. The molecule has 31 heavy (non-hydrogen) atoms. The highest BCUT2D eigenvalue weighted by Crippen LogP contribution is 2.39. The maximum Gasteiger partial charge on any atom is 0.168 e. The van der Waals surface area contributed by atoms with E-state index >= 15 is 0 Å². The number of likely N-dealkylation sites (tertiary alicyclic amines) is 1. The molecule has 8 heteroatoms. The Kier molecular flexibility index (Phi) is 5.19. The van der Waals surface area contributed by atoms with Crippen LogP contribution in [0.4, 0.5) is 19.0 Å². The zero-order chi connectivity index (χ0) is 23.2. The van der Waals surface area contributed by atoms with Crippen LogP contribution in [0.5, 0.6) is 0 Å². The van der Waals surface area contributed by atoms with Gasteiger partial charge in [0.15, 0.2) is 11.6 Å². The first-order chi connectivity index (χ1) is 15.8. The molecule has 1 aliphatic carbocycles. The average Bonchev–Trinajstić information content (AvgIpc) is 3.37. The van der Waals surface area contributed by atoms with Gasteiger partial charge in [-0.05, 0) is 61.6 Å². The third-order valence-electron chi connectivity index (χ3n) is 6.56. The predicted molar refractivity (Wildman–Crippen MR) is 111 cm³/mol. The van der Waals surface area contributed by atoms with Crippen molar-refractivity contribution >= 4 is 5.82 Å². The third kappa shape index (κ3) is 4.55. The Bertz CT molecular complexity index is 990. The second-order valence-corrected chi connectivity index (χ2v) is 8.83. The number of halogens is 3. The Labute approximate surface area is 182 Å². The molecular weight excluding hydrogens is 405 g/mol. The van der Waals surface area contributed by atoms with Gasteiger partial charge in [0.1, 0.15) is 11.6 Å². The van der Waals surface area contributed by atoms with Crippen molar-refractivity contribution in [2.75, 3.05) is 38.1 Å². The summed E-state index contributed by atoms with van der Waals surface area (Å²) < 4.78 is 63.8. The van der Waals surface area contributed by atoms with E-state index in [0.717, 1.165) is 51.4 Å². The van der Waals surface area contributed by atoms with Crippen LogP contribution in [-0.4, -0.2) is 53.9 Å². The smallest absolute Gasteiger partial charge is 0.168 e. The molecule has 3 heterocycles. The number of benzene rings is 1. The van der Waals surface area contributed by atoms with Crippen molar-refractivity contribution in [3.05, 3.63) is 41.7 Å². The minimum Gasteiger partial charge on any atom is -0.381 e. The van der Waals surface area contributed by atoms with Crippen molar-refractivity contribution in [3.63, 3.8) is 0 Å². The molecule has 4 atom stereocenters. The lowest BCUT2D eigenvalue weighted by Crippen LogP contribution is -2.33. The molecule has 1 saturated carbocycles. The van der Waals surface area contributed by atoms with Crippen LogP contribution in [0.1, 0.15) is 28.4 Å². The highest BCUT2D eigenvalue weighted by molar-refractivity contribution is 5.60. The third-order valence-corrected chi connectivity index (χ3v) is 6.56. The van der Waals surface area contributed by atoms with E-state index in [1.165, 1.54) is 6.07 Å². The quantitative estimate of drug-likeness (QED) is 0.718. The largest absolute Gasteiger partial charge is 0.381 e. The number of fused-ring (bicyclic) bond motifs is 1. The molecule has 0 radical (unpaired) electrons. The van der Waals surface area contributed by atoms with Crippen molar-refractivity contribution in [1.82, 2.24) is 15.1 Å². The molecule has 2 aliphatic heterocycles. The lowest BCUT2D eigenvalue weighted by molar-refractivity contribution is 0.0407. The first-order valence-electron chi connectivity index (χ1n) is 11.9. The fraction of sp³-hybridized carbons (Fsp3) is 0.565. The summed E-state index contributed by atoms with van der Waals surface area (Å²) >= 11 is 0. The van der Waals surface area contributed by atoms with E-state index in [4.69, 9.17) is 7.48 Å². The second kappa shape index (κ2) is 8.74. The summed E-state index contributed by atoms with van der Waals surface area (Å²) in [5, 5.41) is 11.4. The van der Waals surface area contributed by atoms with Crippen LogP contribution >= 0.6 is 0 Å². The summed E-state index contributed by atoms with van der Waals surface area (Å²) in [6, 6.07) is 4.71. The van der Waals surface area contributed by atoms with Crippen LogP contribution in [0.15, 0.2) is 24.3 Å². The van der Waals surface area contributed by atoms with Crippen LogP contribution in [-0.2, 0) is 4.74 Å². The summed E-state index contributed by atoms with van der Waals surface area (Å²) in [6.07, 6.45) is 3.60. The van der Waals surface area contributed by atoms with E-state index < -0.39 is 23.9 Å². The molecule has 0 bridgehead atoms. The number of nitrogens with zero attached hydrogens (tertiary/aromatic N) is 3. The number of rotatable bonds is 5. The van der Waals surface area contributed by atoms with E-state index in [-0.39, 0.29) is 23.2 Å². The van der Waals surface area contributed by atoms with Crippen LogP contribution in [0, 0.1) is 35.2 Å². The van der Waals surface area contributed by atoms with E-state index in [1.807, 2.05) is 4.90 Å². The number of hydrogen-bond donors (Lipinski definition) is 1. The van der Waals surface area contributed by atoms with Gasteiger partial charge >= 0.3 is 0 Å². The Balaban J connectivity index is 1.19. The molecule has 1 aromatic heterocycles. The van der Waals surface area contributed by atoms with Crippen LogP contribution in [0.3, 0.4) is 0 Å². The average molecular weight is 435 g/mol. The van der Waals surface area contributed by atoms with Gasteiger partial charge in [-0.3, -0.25) is 0 Å². The number of aromatic nitrogens is 2. The Hall–Kier alpha value is -2.19. The second-order valence-electron chi connectivity index (χ2n) is 8.83. The number of hydrogen-bond acceptors (Lipinski definition) is 5. The van der Waals surface area contributed by atoms with Crippen molar-refractivity contribution in [3.8, 4) is 11.3 Å². The van der Waals surface area contributed by atoms with Gasteiger partial charge in [-0.15, -0.1) is 10.2 Å². The summed E-state index contributed by atoms with van der Waals surface area (Å²) in [6.45, 7) is 1.34. The highest BCUT2D eigenvalue weighted by atomic mass is 19.2. The standard InChI is InChI=1S/C23H27F3N4O/c24-17-8-19(23(26)20(25)9-17)21-3-4-22(29-28-21)27-18-6-15-11-30(12-16(15)7-18)10-14-2-1-5-31-13-14/h3-4,8-9,14-16,18H,1-2,5-7,10-13H2,(H,27,29)/t14-,15-,16+,18?/m0/s1/i10D2. The van der Waals surface area contributed by atoms with Crippen molar-refractivity contribution < 1.29 is 20.6 Å². The van der Waals surface area contributed by atoms with E-state index in [9.17, 15) is 13.2 Å². The lowest BCUT2D eigenvalue weighted by atomic mass is 10.0. The summed E-state index contributed by atoms with van der Waals surface area (Å²) in [5.74, 6) is -2.02. The number of nitrogens with one attached hydrogen (secondary N) is 1. The Morgan fingerprint density at radius 3 is 2.61 bits per heavy atom. The monoisotopic (exact) mass is 434 g/mol. The maximum absolute atomic E-state index is 14.0. The molecule has 5 nitrogen and oxygen atoms in total. The van der Waals surface area contributed by atoms with Gasteiger partial charge in [-0.1, -0.05) is 0 Å². The molecule has 0 amide bonds. The summed E-state index contributed by atoms with van der Waals surface area (Å²) in [4.78, 5) is 2.00. The molecule has 1 N–H and O–H groups in total. The lowest BCUT2D eigenvalue weighted by Gasteiger charge is -2.27. The minimum absolute atomic E-state index is 0.0595. The van der Waals surface area contributed by atoms with E-state index in [1.54, 1.807) is 6.07 Å². The molecule has 3 fully saturated rings. The molecule has 166 valence electrons. The fourth-order valence-electron chi connectivity index (χ4n) is 5.13. The fourth-order valence-corrected chi connectivity index (χ4v) is 5.13. The molecule has 1 unspecified atom stereocenters. The topological polar surface area (TPSA) is 50.3 Å². The first kappa shape index (κ1) is 18.4. The SMILES string of the molecule is [2H]C([2H])([C@@H]1CCCOC1)N1C[C@H]2CC(Nc3ccc(-c4cc(F)cc(F)c4F)nn3)C[C@H]2C1. The van der Waals surface area contributed by atoms with Crippen LogP contribution in [0.25, 0.3) is 11.3 Å². The molecule has 2 saturated heterocycles. The van der Waals surface area contributed by atoms with Gasteiger partial charge < -0.3 is 15.0 Å². The molecule has 0 spiro atoms. The van der Waals surface area contributed by atoms with Gasteiger partial charge in [0.25, 0.3) is 0 Å². The normalized spacial score (nSPS) is 30.0. The summed E-state index contributed by atoms with van der Waals surface area (Å²) in [5.41, 5.74) is -0.205. The van der Waals surface area contributed by atoms with Crippen LogP contribution in [0.2, 0.25) is 0 Å². The van der Waals surface area contributed by atoms with Crippen molar-refractivity contribution in [2.45, 2.75) is 31.7 Å². The first-order valence-corrected chi connectivity index (χ1v) is 10.9. The van der Waals surface area contributed by atoms with Gasteiger partial charge in [-0.25, -0.2) is 13.2 Å². The Morgan fingerprint density at radius 2 is 1.94 bits per heavy atom. The molecule has 2 aromatic rings. The van der Waals surface area contributed by atoms with Crippen molar-refractivity contribution in [1.29, 1.82) is 0 Å². The van der Waals surface area contributed by atoms with Gasteiger partial charge in [0.05, 0.1) is 12.3 Å². The minimum atomic E-state index is -1.35. The molecule has 3 aliphatic rings.